The fourth-order valence-corrected chi connectivity index (χ4v) is 2.22. The Morgan fingerprint density at radius 1 is 1.09 bits per heavy atom. The highest BCUT2D eigenvalue weighted by molar-refractivity contribution is 5.79. The number of aliphatic imine (C=N–C) groups is 1. The molecule has 0 aromatic carbocycles. The van der Waals surface area contributed by atoms with Gasteiger partial charge in [-0.2, -0.15) is 0 Å². The van der Waals surface area contributed by atoms with Gasteiger partial charge in [-0.3, -0.25) is 4.99 Å². The summed E-state index contributed by atoms with van der Waals surface area (Å²) in [6.07, 6.45) is 4.49. The minimum absolute atomic E-state index is 0.309. The molecule has 1 aliphatic heterocycles. The lowest BCUT2D eigenvalue weighted by Crippen LogP contribution is -2.38. The van der Waals surface area contributed by atoms with E-state index in [4.69, 9.17) is 18.9 Å². The first kappa shape index (κ1) is 20.2. The maximum atomic E-state index is 5.63. The van der Waals surface area contributed by atoms with Crippen molar-refractivity contribution in [2.24, 2.45) is 4.99 Å². The van der Waals surface area contributed by atoms with Crippen LogP contribution in [0, 0.1) is 0 Å². The second kappa shape index (κ2) is 14.7. The average Bonchev–Trinajstić information content (AvgIpc) is 3.08. The van der Waals surface area contributed by atoms with Gasteiger partial charge in [-0.15, -0.1) is 0 Å². The third-order valence-electron chi connectivity index (χ3n) is 3.50. The number of hydrogen-bond donors (Lipinski definition) is 2. The van der Waals surface area contributed by atoms with E-state index in [2.05, 4.69) is 15.6 Å². The molecule has 1 rings (SSSR count). The molecule has 0 radical (unpaired) electrons. The van der Waals surface area contributed by atoms with Crippen LogP contribution >= 0.6 is 0 Å². The second-order valence-corrected chi connectivity index (χ2v) is 5.45. The third-order valence-corrected chi connectivity index (χ3v) is 3.50. The van der Waals surface area contributed by atoms with Gasteiger partial charge in [0.05, 0.1) is 25.9 Å². The zero-order chi connectivity index (χ0) is 16.6. The van der Waals surface area contributed by atoms with Crippen LogP contribution in [0.15, 0.2) is 4.99 Å². The van der Waals surface area contributed by atoms with Gasteiger partial charge in [0.2, 0.25) is 0 Å². The Hall–Kier alpha value is -0.890. The van der Waals surface area contributed by atoms with Gasteiger partial charge in [-0.1, -0.05) is 0 Å². The summed E-state index contributed by atoms with van der Waals surface area (Å²) >= 11 is 0. The normalized spacial score (nSPS) is 18.3. The molecule has 0 aromatic heterocycles. The van der Waals surface area contributed by atoms with Crippen LogP contribution in [-0.2, 0) is 18.9 Å². The van der Waals surface area contributed by atoms with Gasteiger partial charge in [0, 0.05) is 47.1 Å². The van der Waals surface area contributed by atoms with Crippen LogP contribution in [-0.4, -0.2) is 79.0 Å². The van der Waals surface area contributed by atoms with Crippen molar-refractivity contribution in [3.63, 3.8) is 0 Å². The van der Waals surface area contributed by atoms with Crippen LogP contribution in [0.1, 0.15) is 25.7 Å². The summed E-state index contributed by atoms with van der Waals surface area (Å²) in [5.41, 5.74) is 0. The molecule has 0 amide bonds. The van der Waals surface area contributed by atoms with E-state index in [0.717, 1.165) is 71.2 Å². The van der Waals surface area contributed by atoms with Gasteiger partial charge in [0.1, 0.15) is 0 Å². The number of methoxy groups -OCH3 is 1. The summed E-state index contributed by atoms with van der Waals surface area (Å²) in [5, 5.41) is 6.54. The van der Waals surface area contributed by atoms with Crippen molar-refractivity contribution in [1.29, 1.82) is 0 Å². The Balaban J connectivity index is 1.87. The van der Waals surface area contributed by atoms with Crippen LogP contribution in [0.4, 0.5) is 0 Å². The van der Waals surface area contributed by atoms with Crippen LogP contribution in [0.5, 0.6) is 0 Å². The van der Waals surface area contributed by atoms with Gasteiger partial charge in [-0.05, 0) is 25.7 Å². The Morgan fingerprint density at radius 3 is 2.43 bits per heavy atom. The third kappa shape index (κ3) is 11.3. The first-order valence-corrected chi connectivity index (χ1v) is 8.57. The largest absolute Gasteiger partial charge is 0.382 e. The van der Waals surface area contributed by atoms with Gasteiger partial charge in [0.15, 0.2) is 5.96 Å². The smallest absolute Gasteiger partial charge is 0.190 e. The predicted octanol–water partition coefficient (Wildman–Crippen LogP) is 0.790. The lowest BCUT2D eigenvalue weighted by molar-refractivity contribution is 0.0168. The van der Waals surface area contributed by atoms with Crippen LogP contribution < -0.4 is 10.6 Å². The number of guanidine groups is 1. The molecule has 23 heavy (non-hydrogen) atoms. The molecule has 1 heterocycles. The lowest BCUT2D eigenvalue weighted by atomic mass is 10.2. The summed E-state index contributed by atoms with van der Waals surface area (Å²) in [5.74, 6) is 0.820. The zero-order valence-corrected chi connectivity index (χ0v) is 14.6. The SMILES string of the molecule is CN=C(NCCCOCCOC)NCCCOCC1CCCO1. The van der Waals surface area contributed by atoms with Crippen molar-refractivity contribution < 1.29 is 18.9 Å². The molecular weight excluding hydrogens is 298 g/mol. The standard InChI is InChI=1S/C16H33N3O4/c1-17-16(18-7-4-9-21-13-12-20-2)19-8-5-10-22-14-15-6-3-11-23-15/h15H,3-14H2,1-2H3,(H2,17,18,19). The average molecular weight is 331 g/mol. The number of ether oxygens (including phenoxy) is 4. The Bertz CT molecular complexity index is 297. The van der Waals surface area contributed by atoms with Crippen molar-refractivity contribution in [2.45, 2.75) is 31.8 Å². The Labute approximate surface area is 140 Å². The van der Waals surface area contributed by atoms with Crippen LogP contribution in [0.2, 0.25) is 0 Å². The minimum Gasteiger partial charge on any atom is -0.382 e. The Morgan fingerprint density at radius 2 is 1.83 bits per heavy atom. The van der Waals surface area contributed by atoms with Gasteiger partial charge < -0.3 is 29.6 Å². The molecule has 1 fully saturated rings. The molecule has 0 bridgehead atoms. The highest BCUT2D eigenvalue weighted by Gasteiger charge is 2.14. The van der Waals surface area contributed by atoms with Gasteiger partial charge in [0.25, 0.3) is 0 Å². The fourth-order valence-electron chi connectivity index (χ4n) is 2.22. The molecule has 7 heteroatoms. The van der Waals surface area contributed by atoms with E-state index in [-0.39, 0.29) is 0 Å². The van der Waals surface area contributed by atoms with E-state index in [1.54, 1.807) is 14.2 Å². The molecule has 1 atom stereocenters. The summed E-state index contributed by atoms with van der Waals surface area (Å²) in [7, 11) is 3.45. The summed E-state index contributed by atoms with van der Waals surface area (Å²) in [6.45, 7) is 6.05. The van der Waals surface area contributed by atoms with Crippen molar-refractivity contribution in [1.82, 2.24) is 10.6 Å². The molecule has 1 saturated heterocycles. The first-order valence-electron chi connectivity index (χ1n) is 8.57. The molecule has 7 nitrogen and oxygen atoms in total. The van der Waals surface area contributed by atoms with E-state index < -0.39 is 0 Å². The molecule has 0 saturated carbocycles. The number of nitrogens with one attached hydrogen (secondary N) is 2. The molecule has 0 aromatic rings. The fraction of sp³-hybridized carbons (Fsp3) is 0.938. The van der Waals surface area contributed by atoms with E-state index in [0.29, 0.717) is 19.3 Å². The van der Waals surface area contributed by atoms with E-state index in [1.807, 2.05) is 0 Å². The molecular formula is C16H33N3O4. The van der Waals surface area contributed by atoms with E-state index in [9.17, 15) is 0 Å². The number of rotatable bonds is 13. The minimum atomic E-state index is 0.309. The molecule has 136 valence electrons. The summed E-state index contributed by atoms with van der Waals surface area (Å²) in [4.78, 5) is 4.19. The quantitative estimate of drug-likeness (QED) is 0.295. The molecule has 0 aliphatic carbocycles. The maximum absolute atomic E-state index is 5.63. The Kier molecular flexibility index (Phi) is 12.9. The van der Waals surface area contributed by atoms with Gasteiger partial charge in [-0.25, -0.2) is 0 Å². The van der Waals surface area contributed by atoms with E-state index >= 15 is 0 Å². The van der Waals surface area contributed by atoms with Crippen molar-refractivity contribution >= 4 is 5.96 Å². The highest BCUT2D eigenvalue weighted by atomic mass is 16.5. The van der Waals surface area contributed by atoms with Crippen molar-refractivity contribution in [3.8, 4) is 0 Å². The van der Waals surface area contributed by atoms with Gasteiger partial charge >= 0.3 is 0 Å². The zero-order valence-electron chi connectivity index (χ0n) is 14.6. The topological polar surface area (TPSA) is 73.3 Å². The van der Waals surface area contributed by atoms with Crippen LogP contribution in [0.25, 0.3) is 0 Å². The second-order valence-electron chi connectivity index (χ2n) is 5.45. The summed E-state index contributed by atoms with van der Waals surface area (Å²) in [6, 6.07) is 0. The first-order chi connectivity index (χ1) is 11.4. The molecule has 0 spiro atoms. The number of hydrogen-bond acceptors (Lipinski definition) is 5. The molecule has 1 unspecified atom stereocenters. The predicted molar refractivity (Wildman–Crippen MR) is 91.1 cm³/mol. The number of nitrogens with zero attached hydrogens (tertiary/aromatic N) is 1. The lowest BCUT2D eigenvalue weighted by Gasteiger charge is -2.13. The maximum Gasteiger partial charge on any atom is 0.190 e. The van der Waals surface area contributed by atoms with Crippen molar-refractivity contribution in [3.05, 3.63) is 0 Å². The molecule has 1 aliphatic rings. The van der Waals surface area contributed by atoms with Crippen molar-refractivity contribution in [2.75, 3.05) is 66.9 Å². The molecule has 2 N–H and O–H groups in total. The highest BCUT2D eigenvalue weighted by Crippen LogP contribution is 2.11. The summed E-state index contributed by atoms with van der Waals surface area (Å²) < 4.78 is 21.5. The monoisotopic (exact) mass is 331 g/mol. The van der Waals surface area contributed by atoms with Crippen LogP contribution in [0.3, 0.4) is 0 Å². The van der Waals surface area contributed by atoms with E-state index in [1.165, 1.54) is 0 Å².